The van der Waals surface area contributed by atoms with Crippen molar-refractivity contribution in [1.82, 2.24) is 4.90 Å². The summed E-state index contributed by atoms with van der Waals surface area (Å²) < 4.78 is 11.4. The highest BCUT2D eigenvalue weighted by atomic mass is 32.2. The van der Waals surface area contributed by atoms with Gasteiger partial charge in [-0.05, 0) is 43.2 Å². The van der Waals surface area contributed by atoms with Crippen molar-refractivity contribution in [2.24, 2.45) is 0 Å². The molecular formula is C22H21NO5S2. The number of nitrogens with zero attached hydrogens (tertiary/aromatic N) is 1. The number of benzene rings is 2. The second-order valence-electron chi connectivity index (χ2n) is 6.28. The zero-order valence-electron chi connectivity index (χ0n) is 16.5. The van der Waals surface area contributed by atoms with E-state index in [4.69, 9.17) is 21.7 Å². The van der Waals surface area contributed by atoms with Crippen LogP contribution in [-0.2, 0) is 9.59 Å². The third-order valence-corrected chi connectivity index (χ3v) is 5.63. The normalized spacial score (nSPS) is 16.1. The molecule has 0 bridgehead atoms. The molecule has 0 saturated carbocycles. The number of hydrogen-bond donors (Lipinski definition) is 1. The molecule has 1 atom stereocenters. The molecule has 1 aliphatic heterocycles. The third-order valence-electron chi connectivity index (χ3n) is 4.30. The Hall–Kier alpha value is -2.84. The van der Waals surface area contributed by atoms with Crippen molar-refractivity contribution in [2.45, 2.75) is 19.9 Å². The van der Waals surface area contributed by atoms with Crippen LogP contribution in [0.3, 0.4) is 0 Å². The SMILES string of the molecule is CCOc1ccc(C=C2SC(=S)N(C(C(=O)O)c3ccccc3)C2=O)cc1OCC. The summed E-state index contributed by atoms with van der Waals surface area (Å²) in [5.41, 5.74) is 1.22. The molecule has 1 fully saturated rings. The average Bonchev–Trinajstić information content (AvgIpc) is 2.99. The predicted molar refractivity (Wildman–Crippen MR) is 121 cm³/mol. The first-order valence-corrected chi connectivity index (χ1v) is 10.6. The molecule has 2 aromatic carbocycles. The Balaban J connectivity index is 1.93. The minimum Gasteiger partial charge on any atom is -0.490 e. The van der Waals surface area contributed by atoms with E-state index in [2.05, 4.69) is 0 Å². The molecule has 2 aromatic rings. The number of thioether (sulfide) groups is 1. The predicted octanol–water partition coefficient (Wildman–Crippen LogP) is 4.51. The van der Waals surface area contributed by atoms with Crippen molar-refractivity contribution in [3.8, 4) is 11.5 Å². The Labute approximate surface area is 184 Å². The summed E-state index contributed by atoms with van der Waals surface area (Å²) in [5.74, 6) is -0.373. The Morgan fingerprint density at radius 2 is 1.80 bits per heavy atom. The summed E-state index contributed by atoms with van der Waals surface area (Å²) in [4.78, 5) is 26.5. The Morgan fingerprint density at radius 3 is 2.43 bits per heavy atom. The number of carbonyl (C=O) groups excluding carboxylic acids is 1. The molecule has 1 heterocycles. The minimum absolute atomic E-state index is 0.207. The van der Waals surface area contributed by atoms with Gasteiger partial charge in [-0.25, -0.2) is 4.79 Å². The van der Waals surface area contributed by atoms with E-state index in [1.165, 1.54) is 0 Å². The van der Waals surface area contributed by atoms with Gasteiger partial charge in [-0.1, -0.05) is 60.4 Å². The summed E-state index contributed by atoms with van der Waals surface area (Å²) >= 11 is 6.43. The van der Waals surface area contributed by atoms with Crippen molar-refractivity contribution in [1.29, 1.82) is 0 Å². The van der Waals surface area contributed by atoms with E-state index in [1.807, 2.05) is 19.9 Å². The quantitative estimate of drug-likeness (QED) is 0.475. The van der Waals surface area contributed by atoms with Crippen LogP contribution in [0.15, 0.2) is 53.4 Å². The Kier molecular flexibility index (Phi) is 7.12. The first-order valence-electron chi connectivity index (χ1n) is 9.40. The zero-order valence-corrected chi connectivity index (χ0v) is 18.2. The average molecular weight is 444 g/mol. The summed E-state index contributed by atoms with van der Waals surface area (Å²) in [6.45, 7) is 4.75. The van der Waals surface area contributed by atoms with Crippen LogP contribution in [-0.4, -0.2) is 39.4 Å². The van der Waals surface area contributed by atoms with E-state index in [1.54, 1.807) is 48.5 Å². The standard InChI is InChI=1S/C22H21NO5S2/c1-3-27-16-11-10-14(12-17(16)28-4-2)13-18-20(24)23(22(29)30-18)19(21(25)26)15-8-6-5-7-9-15/h5-13,19H,3-4H2,1-2H3,(H,25,26). The molecule has 8 heteroatoms. The molecule has 1 aliphatic rings. The lowest BCUT2D eigenvalue weighted by Gasteiger charge is -2.23. The fraction of sp³-hybridized carbons (Fsp3) is 0.227. The van der Waals surface area contributed by atoms with Crippen LogP contribution in [0.1, 0.15) is 31.0 Å². The number of carbonyl (C=O) groups is 2. The van der Waals surface area contributed by atoms with E-state index in [0.29, 0.717) is 35.2 Å². The summed E-state index contributed by atoms with van der Waals surface area (Å²) in [6, 6.07) is 12.8. The van der Waals surface area contributed by atoms with Gasteiger partial charge in [-0.2, -0.15) is 0 Å². The number of rotatable bonds is 8. The van der Waals surface area contributed by atoms with Gasteiger partial charge in [0.05, 0.1) is 18.1 Å². The molecule has 0 spiro atoms. The first kappa shape index (κ1) is 21.9. The van der Waals surface area contributed by atoms with Gasteiger partial charge in [0.1, 0.15) is 4.32 Å². The highest BCUT2D eigenvalue weighted by molar-refractivity contribution is 8.26. The highest BCUT2D eigenvalue weighted by Crippen LogP contribution is 2.39. The van der Waals surface area contributed by atoms with Gasteiger partial charge in [0.25, 0.3) is 5.91 Å². The smallest absolute Gasteiger partial charge is 0.331 e. The van der Waals surface area contributed by atoms with Crippen molar-refractivity contribution in [3.05, 3.63) is 64.6 Å². The van der Waals surface area contributed by atoms with Crippen LogP contribution in [0.25, 0.3) is 6.08 Å². The van der Waals surface area contributed by atoms with Crippen molar-refractivity contribution in [3.63, 3.8) is 0 Å². The first-order chi connectivity index (χ1) is 14.5. The zero-order chi connectivity index (χ0) is 21.7. The van der Waals surface area contributed by atoms with Gasteiger partial charge in [0, 0.05) is 0 Å². The van der Waals surface area contributed by atoms with E-state index >= 15 is 0 Å². The van der Waals surface area contributed by atoms with Crippen LogP contribution >= 0.6 is 24.0 Å². The molecule has 1 N–H and O–H groups in total. The topological polar surface area (TPSA) is 76.1 Å². The van der Waals surface area contributed by atoms with Crippen molar-refractivity contribution < 1.29 is 24.2 Å². The van der Waals surface area contributed by atoms with E-state index in [-0.39, 0.29) is 4.32 Å². The Bertz CT molecular complexity index is 990. The second-order valence-corrected chi connectivity index (χ2v) is 7.95. The molecule has 30 heavy (non-hydrogen) atoms. The maximum absolute atomic E-state index is 13.0. The van der Waals surface area contributed by atoms with Gasteiger partial charge >= 0.3 is 5.97 Å². The Morgan fingerprint density at radius 1 is 1.13 bits per heavy atom. The molecule has 0 aromatic heterocycles. The van der Waals surface area contributed by atoms with E-state index in [9.17, 15) is 14.7 Å². The lowest BCUT2D eigenvalue weighted by Crippen LogP contribution is -2.37. The number of hydrogen-bond acceptors (Lipinski definition) is 6. The number of ether oxygens (including phenoxy) is 2. The molecule has 1 saturated heterocycles. The maximum atomic E-state index is 13.0. The lowest BCUT2D eigenvalue weighted by atomic mass is 10.1. The van der Waals surface area contributed by atoms with E-state index in [0.717, 1.165) is 22.2 Å². The van der Waals surface area contributed by atoms with Gasteiger partial charge in [0.15, 0.2) is 17.5 Å². The number of amides is 1. The molecule has 1 amide bonds. The summed E-state index contributed by atoms with van der Waals surface area (Å²) in [5, 5.41) is 9.76. The molecule has 3 rings (SSSR count). The van der Waals surface area contributed by atoms with Crippen LogP contribution in [0.2, 0.25) is 0 Å². The third kappa shape index (κ3) is 4.66. The van der Waals surface area contributed by atoms with Crippen LogP contribution in [0.4, 0.5) is 0 Å². The molecule has 1 unspecified atom stereocenters. The van der Waals surface area contributed by atoms with Crippen LogP contribution in [0.5, 0.6) is 11.5 Å². The number of carboxylic acids is 1. The summed E-state index contributed by atoms with van der Waals surface area (Å²) in [7, 11) is 0. The maximum Gasteiger partial charge on any atom is 0.331 e. The highest BCUT2D eigenvalue weighted by Gasteiger charge is 2.41. The molecule has 6 nitrogen and oxygen atoms in total. The lowest BCUT2D eigenvalue weighted by molar-refractivity contribution is -0.145. The molecular weight excluding hydrogens is 422 g/mol. The number of carboxylic acid groups (broad SMARTS) is 1. The fourth-order valence-electron chi connectivity index (χ4n) is 3.05. The van der Waals surface area contributed by atoms with Gasteiger partial charge in [0.2, 0.25) is 0 Å². The fourth-order valence-corrected chi connectivity index (χ4v) is 4.36. The molecule has 156 valence electrons. The van der Waals surface area contributed by atoms with Crippen LogP contribution in [0, 0.1) is 0 Å². The summed E-state index contributed by atoms with van der Waals surface area (Å²) in [6.07, 6.45) is 1.68. The van der Waals surface area contributed by atoms with E-state index < -0.39 is 17.9 Å². The van der Waals surface area contributed by atoms with Crippen LogP contribution < -0.4 is 9.47 Å². The second kappa shape index (κ2) is 9.77. The molecule has 0 radical (unpaired) electrons. The van der Waals surface area contributed by atoms with Gasteiger partial charge < -0.3 is 14.6 Å². The number of aliphatic carboxylic acids is 1. The van der Waals surface area contributed by atoms with Gasteiger partial charge in [-0.3, -0.25) is 9.69 Å². The number of thiocarbonyl (C=S) groups is 1. The molecule has 0 aliphatic carbocycles. The largest absolute Gasteiger partial charge is 0.490 e. The van der Waals surface area contributed by atoms with Crippen molar-refractivity contribution in [2.75, 3.05) is 13.2 Å². The van der Waals surface area contributed by atoms with Gasteiger partial charge in [-0.15, -0.1) is 0 Å². The van der Waals surface area contributed by atoms with Crippen molar-refractivity contribution >= 4 is 46.3 Å². The minimum atomic E-state index is -1.18. The monoisotopic (exact) mass is 443 g/mol.